The van der Waals surface area contributed by atoms with Gasteiger partial charge in [0.05, 0.1) is 18.7 Å². The maximum Gasteiger partial charge on any atom is 0.573 e. The molecule has 0 aliphatic carbocycles. The number of esters is 1. The number of aromatic hydroxyl groups is 1. The third kappa shape index (κ3) is 3.41. The summed E-state index contributed by atoms with van der Waals surface area (Å²) >= 11 is 0. The van der Waals surface area contributed by atoms with E-state index in [9.17, 15) is 27.9 Å². The molecule has 1 aromatic carbocycles. The SMILES string of the molecule is COC(=O)C1CC(=O)N(c2cc(OC(F)(F)F)ccc2O)C1. The van der Waals surface area contributed by atoms with Gasteiger partial charge in [0.2, 0.25) is 5.91 Å². The Labute approximate surface area is 123 Å². The number of hydrogen-bond acceptors (Lipinski definition) is 5. The minimum Gasteiger partial charge on any atom is -0.506 e. The summed E-state index contributed by atoms with van der Waals surface area (Å²) in [6, 6.07) is 2.79. The van der Waals surface area contributed by atoms with Crippen molar-refractivity contribution in [3.63, 3.8) is 0 Å². The van der Waals surface area contributed by atoms with Crippen molar-refractivity contribution in [1.82, 2.24) is 0 Å². The zero-order valence-corrected chi connectivity index (χ0v) is 11.4. The number of nitrogens with zero attached hydrogens (tertiary/aromatic N) is 1. The zero-order chi connectivity index (χ0) is 16.5. The van der Waals surface area contributed by atoms with Crippen LogP contribution in [0.1, 0.15) is 6.42 Å². The lowest BCUT2D eigenvalue weighted by Crippen LogP contribution is -2.26. The van der Waals surface area contributed by atoms with E-state index in [1.165, 1.54) is 7.11 Å². The van der Waals surface area contributed by atoms with Gasteiger partial charge in [-0.1, -0.05) is 0 Å². The van der Waals surface area contributed by atoms with E-state index in [-0.39, 0.29) is 18.7 Å². The van der Waals surface area contributed by atoms with Crippen LogP contribution < -0.4 is 9.64 Å². The summed E-state index contributed by atoms with van der Waals surface area (Å²) in [5, 5.41) is 9.75. The Hall–Kier alpha value is -2.45. The van der Waals surface area contributed by atoms with Gasteiger partial charge in [-0.05, 0) is 12.1 Å². The van der Waals surface area contributed by atoms with Crippen molar-refractivity contribution in [3.8, 4) is 11.5 Å². The number of methoxy groups -OCH3 is 1. The largest absolute Gasteiger partial charge is 0.573 e. The molecule has 1 aromatic rings. The number of benzene rings is 1. The molecule has 0 radical (unpaired) electrons. The fourth-order valence-corrected chi connectivity index (χ4v) is 2.18. The Morgan fingerprint density at radius 2 is 2.09 bits per heavy atom. The molecule has 0 spiro atoms. The number of amides is 1. The highest BCUT2D eigenvalue weighted by atomic mass is 19.4. The van der Waals surface area contributed by atoms with Crippen LogP contribution in [-0.2, 0) is 14.3 Å². The van der Waals surface area contributed by atoms with Crippen molar-refractivity contribution < 1.29 is 37.3 Å². The average Bonchev–Trinajstić information content (AvgIpc) is 2.80. The highest BCUT2D eigenvalue weighted by molar-refractivity contribution is 6.00. The lowest BCUT2D eigenvalue weighted by atomic mass is 10.1. The highest BCUT2D eigenvalue weighted by Gasteiger charge is 2.37. The summed E-state index contributed by atoms with van der Waals surface area (Å²) in [5.41, 5.74) is -0.154. The van der Waals surface area contributed by atoms with Gasteiger partial charge in [0.25, 0.3) is 0 Å². The Morgan fingerprint density at radius 3 is 2.68 bits per heavy atom. The zero-order valence-electron chi connectivity index (χ0n) is 11.4. The van der Waals surface area contributed by atoms with E-state index < -0.39 is 35.7 Å². The van der Waals surface area contributed by atoms with Gasteiger partial charge in [0.1, 0.15) is 11.5 Å². The smallest absolute Gasteiger partial charge is 0.506 e. The summed E-state index contributed by atoms with van der Waals surface area (Å²) in [4.78, 5) is 24.4. The monoisotopic (exact) mass is 319 g/mol. The summed E-state index contributed by atoms with van der Waals surface area (Å²) in [5.74, 6) is -2.81. The van der Waals surface area contributed by atoms with Crippen LogP contribution in [0.4, 0.5) is 18.9 Å². The Kier molecular flexibility index (Phi) is 4.16. The number of phenolic OH excluding ortho intramolecular Hbond substituents is 1. The van der Waals surface area contributed by atoms with Gasteiger partial charge in [-0.15, -0.1) is 13.2 Å². The van der Waals surface area contributed by atoms with Crippen LogP contribution in [0.3, 0.4) is 0 Å². The number of phenols is 1. The molecule has 0 bridgehead atoms. The number of hydrogen-bond donors (Lipinski definition) is 1. The molecular formula is C13H12F3NO5. The molecule has 1 N–H and O–H groups in total. The van der Waals surface area contributed by atoms with Gasteiger partial charge < -0.3 is 19.5 Å². The molecule has 1 amide bonds. The van der Waals surface area contributed by atoms with Crippen molar-refractivity contribution in [2.45, 2.75) is 12.8 Å². The molecule has 2 rings (SSSR count). The molecule has 0 saturated carbocycles. The molecule has 6 nitrogen and oxygen atoms in total. The predicted octanol–water partition coefficient (Wildman–Crippen LogP) is 1.82. The van der Waals surface area contributed by atoms with Crippen molar-refractivity contribution in [1.29, 1.82) is 0 Å². The topological polar surface area (TPSA) is 76.1 Å². The quantitative estimate of drug-likeness (QED) is 0.860. The third-order valence-electron chi connectivity index (χ3n) is 3.13. The van der Waals surface area contributed by atoms with Crippen LogP contribution in [0.5, 0.6) is 11.5 Å². The van der Waals surface area contributed by atoms with Crippen molar-refractivity contribution in [2.24, 2.45) is 5.92 Å². The number of halogens is 3. The van der Waals surface area contributed by atoms with Crippen LogP contribution in [0.25, 0.3) is 0 Å². The predicted molar refractivity (Wildman–Crippen MR) is 67.3 cm³/mol. The van der Waals surface area contributed by atoms with Crippen molar-refractivity contribution in [3.05, 3.63) is 18.2 Å². The second-order valence-electron chi connectivity index (χ2n) is 4.63. The second kappa shape index (κ2) is 5.74. The molecule has 0 aromatic heterocycles. The first-order chi connectivity index (χ1) is 10.2. The minimum atomic E-state index is -4.89. The first-order valence-electron chi connectivity index (χ1n) is 6.18. The van der Waals surface area contributed by atoms with E-state index in [1.54, 1.807) is 0 Å². The Balaban J connectivity index is 2.26. The van der Waals surface area contributed by atoms with Gasteiger partial charge in [0.15, 0.2) is 0 Å². The summed E-state index contributed by atoms with van der Waals surface area (Å²) in [7, 11) is 1.17. The van der Waals surface area contributed by atoms with E-state index in [4.69, 9.17) is 0 Å². The van der Waals surface area contributed by atoms with E-state index in [0.717, 1.165) is 23.1 Å². The number of carbonyl (C=O) groups is 2. The number of rotatable bonds is 3. The molecule has 1 aliphatic heterocycles. The standard InChI is InChI=1S/C13H12F3NO5/c1-21-12(20)7-4-11(19)17(6-7)9-5-8(2-3-10(9)18)22-13(14,15)16/h2-3,5,7,18H,4,6H2,1H3. The third-order valence-corrected chi connectivity index (χ3v) is 3.13. The molecule has 1 saturated heterocycles. The maximum atomic E-state index is 12.2. The molecular weight excluding hydrogens is 307 g/mol. The summed E-state index contributed by atoms with van der Waals surface area (Å²) in [6.45, 7) is -0.0888. The van der Waals surface area contributed by atoms with Gasteiger partial charge in [-0.3, -0.25) is 9.59 Å². The van der Waals surface area contributed by atoms with Gasteiger partial charge in [-0.2, -0.15) is 0 Å². The maximum absolute atomic E-state index is 12.2. The molecule has 1 aliphatic rings. The van der Waals surface area contributed by atoms with E-state index in [0.29, 0.717) is 0 Å². The Morgan fingerprint density at radius 1 is 1.41 bits per heavy atom. The van der Waals surface area contributed by atoms with Gasteiger partial charge >= 0.3 is 12.3 Å². The number of carbonyl (C=O) groups excluding carboxylic acids is 2. The molecule has 1 heterocycles. The highest BCUT2D eigenvalue weighted by Crippen LogP contribution is 2.36. The van der Waals surface area contributed by atoms with Crippen LogP contribution >= 0.6 is 0 Å². The lowest BCUT2D eigenvalue weighted by molar-refractivity contribution is -0.274. The average molecular weight is 319 g/mol. The van der Waals surface area contributed by atoms with Crippen LogP contribution in [0.2, 0.25) is 0 Å². The summed E-state index contributed by atoms with van der Waals surface area (Å²) in [6.07, 6.45) is -5.03. The molecule has 120 valence electrons. The number of alkyl halides is 3. The fraction of sp³-hybridized carbons (Fsp3) is 0.385. The van der Waals surface area contributed by atoms with Gasteiger partial charge in [0, 0.05) is 19.0 Å². The first kappa shape index (κ1) is 15.9. The van der Waals surface area contributed by atoms with E-state index in [2.05, 4.69) is 9.47 Å². The van der Waals surface area contributed by atoms with Crippen molar-refractivity contribution in [2.75, 3.05) is 18.6 Å². The van der Waals surface area contributed by atoms with Gasteiger partial charge in [-0.25, -0.2) is 0 Å². The molecule has 1 unspecified atom stereocenters. The Bertz CT molecular complexity index is 602. The van der Waals surface area contributed by atoms with Crippen molar-refractivity contribution >= 4 is 17.6 Å². The number of ether oxygens (including phenoxy) is 2. The lowest BCUT2D eigenvalue weighted by Gasteiger charge is -2.19. The fourth-order valence-electron chi connectivity index (χ4n) is 2.18. The summed E-state index contributed by atoms with van der Waals surface area (Å²) < 4.78 is 44.9. The first-order valence-corrected chi connectivity index (χ1v) is 6.18. The van der Waals surface area contributed by atoms with E-state index in [1.807, 2.05) is 0 Å². The second-order valence-corrected chi connectivity index (χ2v) is 4.63. The van der Waals surface area contributed by atoms with Crippen LogP contribution in [0, 0.1) is 5.92 Å². The molecule has 1 fully saturated rings. The van der Waals surface area contributed by atoms with Crippen LogP contribution in [0.15, 0.2) is 18.2 Å². The van der Waals surface area contributed by atoms with E-state index >= 15 is 0 Å². The van der Waals surface area contributed by atoms with Crippen LogP contribution in [-0.4, -0.2) is 37.0 Å². The normalized spacial score (nSPS) is 18.5. The number of anilines is 1. The molecule has 22 heavy (non-hydrogen) atoms. The minimum absolute atomic E-state index is 0.0888. The molecule has 9 heteroatoms. The molecule has 1 atom stereocenters.